The van der Waals surface area contributed by atoms with Gasteiger partial charge in [-0.25, -0.2) is 9.97 Å². The lowest BCUT2D eigenvalue weighted by atomic mass is 10.1. The fourth-order valence-corrected chi connectivity index (χ4v) is 5.02. The van der Waals surface area contributed by atoms with Crippen molar-refractivity contribution in [3.05, 3.63) is 59.2 Å². The molecule has 0 spiro atoms. The first-order valence-electron chi connectivity index (χ1n) is 10.6. The standard InChI is InChI=1S/C24H19N7O2S/c1-12(33)19-8-9-20(34-19)13-4-3-5-16-21(13)27-24(26-16)23-22-17(28-29-23)7-6-15(25-22)14-10-31(2)30-18(14)11-32/h3-10,32H,11H2,1-2H3,(H,26,27)(H,28,29). The second-order valence-corrected chi connectivity index (χ2v) is 9.08. The van der Waals surface area contributed by atoms with E-state index >= 15 is 0 Å². The molecule has 1 aromatic carbocycles. The maximum atomic E-state index is 11.8. The third kappa shape index (κ3) is 3.23. The van der Waals surface area contributed by atoms with Gasteiger partial charge in [0.15, 0.2) is 17.3 Å². The average Bonchev–Trinajstić information content (AvgIpc) is 3.62. The zero-order valence-electron chi connectivity index (χ0n) is 18.3. The van der Waals surface area contributed by atoms with E-state index in [0.29, 0.717) is 28.4 Å². The van der Waals surface area contributed by atoms with Crippen molar-refractivity contribution in [2.75, 3.05) is 0 Å². The number of Topliss-reactive ketones (excluding diaryl/α,β-unsaturated/α-hetero) is 1. The Morgan fingerprint density at radius 3 is 2.74 bits per heavy atom. The zero-order chi connectivity index (χ0) is 23.4. The van der Waals surface area contributed by atoms with Gasteiger partial charge in [-0.15, -0.1) is 11.3 Å². The molecule has 9 nitrogen and oxygen atoms in total. The minimum absolute atomic E-state index is 0.0500. The quantitative estimate of drug-likeness (QED) is 0.323. The Bertz CT molecular complexity index is 1710. The SMILES string of the molecule is CC(=O)c1ccc(-c2cccc3[nH]c(-c4n[nH]c5ccc(-c6cn(C)nc6CO)nc45)nc23)s1. The maximum Gasteiger partial charge on any atom is 0.169 e. The fraction of sp³-hybridized carbons (Fsp3) is 0.125. The second-order valence-electron chi connectivity index (χ2n) is 7.99. The molecule has 6 rings (SSSR count). The lowest BCUT2D eigenvalue weighted by Gasteiger charge is -2.00. The van der Waals surface area contributed by atoms with Crippen molar-refractivity contribution < 1.29 is 9.90 Å². The molecule has 0 amide bonds. The largest absolute Gasteiger partial charge is 0.390 e. The van der Waals surface area contributed by atoms with E-state index in [9.17, 15) is 9.90 Å². The van der Waals surface area contributed by atoms with Crippen LogP contribution in [0.1, 0.15) is 22.3 Å². The van der Waals surface area contributed by atoms with Crippen molar-refractivity contribution in [2.24, 2.45) is 7.05 Å². The molecule has 10 heteroatoms. The molecule has 5 aromatic heterocycles. The molecule has 3 N–H and O–H groups in total. The van der Waals surface area contributed by atoms with Gasteiger partial charge in [-0.1, -0.05) is 12.1 Å². The van der Waals surface area contributed by atoms with E-state index in [1.807, 2.05) is 55.7 Å². The van der Waals surface area contributed by atoms with Crippen LogP contribution in [0.25, 0.3) is 55.3 Å². The van der Waals surface area contributed by atoms with E-state index in [4.69, 9.17) is 9.97 Å². The van der Waals surface area contributed by atoms with Crippen LogP contribution in [0.15, 0.2) is 48.7 Å². The summed E-state index contributed by atoms with van der Waals surface area (Å²) in [4.78, 5) is 26.5. The molecule has 0 saturated carbocycles. The number of fused-ring (bicyclic) bond motifs is 2. The summed E-state index contributed by atoms with van der Waals surface area (Å²) in [5.41, 5.74) is 6.69. The van der Waals surface area contributed by atoms with E-state index in [1.165, 1.54) is 11.3 Å². The van der Waals surface area contributed by atoms with Crippen molar-refractivity contribution in [3.8, 4) is 33.2 Å². The van der Waals surface area contributed by atoms with E-state index in [-0.39, 0.29) is 12.4 Å². The number of carbonyl (C=O) groups excluding carboxylic acids is 1. The van der Waals surface area contributed by atoms with Crippen LogP contribution in [-0.4, -0.2) is 45.8 Å². The van der Waals surface area contributed by atoms with Gasteiger partial charge in [-0.2, -0.15) is 10.2 Å². The van der Waals surface area contributed by atoms with Crippen molar-refractivity contribution in [1.82, 2.24) is 34.9 Å². The van der Waals surface area contributed by atoms with Crippen molar-refractivity contribution in [2.45, 2.75) is 13.5 Å². The number of rotatable bonds is 5. The molecule has 0 unspecified atom stereocenters. The first kappa shape index (κ1) is 20.5. The van der Waals surface area contributed by atoms with E-state index in [2.05, 4.69) is 20.3 Å². The number of carbonyl (C=O) groups is 1. The number of nitrogens with one attached hydrogen (secondary N) is 2. The van der Waals surface area contributed by atoms with Gasteiger partial charge >= 0.3 is 0 Å². The Balaban J connectivity index is 1.48. The molecule has 6 aromatic rings. The summed E-state index contributed by atoms with van der Waals surface area (Å²) >= 11 is 1.46. The molecule has 5 heterocycles. The molecule has 0 atom stereocenters. The second kappa shape index (κ2) is 7.72. The van der Waals surface area contributed by atoms with Crippen LogP contribution < -0.4 is 0 Å². The summed E-state index contributed by atoms with van der Waals surface area (Å²) < 4.78 is 1.66. The van der Waals surface area contributed by atoms with Gasteiger partial charge in [-0.05, 0) is 37.3 Å². The number of pyridine rings is 1. The summed E-state index contributed by atoms with van der Waals surface area (Å²) in [6, 6.07) is 13.5. The van der Waals surface area contributed by atoms with Crippen molar-refractivity contribution >= 4 is 39.2 Å². The normalized spacial score (nSPS) is 11.6. The monoisotopic (exact) mass is 469 g/mol. The number of aromatic nitrogens is 7. The third-order valence-corrected chi connectivity index (χ3v) is 6.91. The Morgan fingerprint density at radius 1 is 1.06 bits per heavy atom. The predicted octanol–water partition coefficient (Wildman–Crippen LogP) is 4.33. The summed E-state index contributed by atoms with van der Waals surface area (Å²) in [6.07, 6.45) is 1.84. The lowest BCUT2D eigenvalue weighted by Crippen LogP contribution is -1.91. The van der Waals surface area contributed by atoms with Gasteiger partial charge < -0.3 is 10.1 Å². The van der Waals surface area contributed by atoms with Gasteiger partial charge in [0.2, 0.25) is 0 Å². The highest BCUT2D eigenvalue weighted by Crippen LogP contribution is 2.35. The van der Waals surface area contributed by atoms with Crippen molar-refractivity contribution in [1.29, 1.82) is 0 Å². The lowest BCUT2D eigenvalue weighted by molar-refractivity contribution is 0.102. The van der Waals surface area contributed by atoms with Crippen LogP contribution in [-0.2, 0) is 13.7 Å². The maximum absolute atomic E-state index is 11.8. The van der Waals surface area contributed by atoms with Gasteiger partial charge in [0, 0.05) is 29.2 Å². The number of H-pyrrole nitrogens is 2. The topological polar surface area (TPSA) is 125 Å². The van der Waals surface area contributed by atoms with Gasteiger partial charge in [0.25, 0.3) is 0 Å². The van der Waals surface area contributed by atoms with E-state index in [1.54, 1.807) is 11.6 Å². The number of ketones is 1. The van der Waals surface area contributed by atoms with Crippen LogP contribution in [0, 0.1) is 0 Å². The Hall–Kier alpha value is -4.15. The first-order chi connectivity index (χ1) is 16.5. The number of aliphatic hydroxyl groups is 1. The molecule has 168 valence electrons. The smallest absolute Gasteiger partial charge is 0.169 e. The van der Waals surface area contributed by atoms with Crippen molar-refractivity contribution in [3.63, 3.8) is 0 Å². The molecule has 0 radical (unpaired) electrons. The number of aryl methyl sites for hydroxylation is 1. The molecule has 0 aliphatic heterocycles. The molecule has 0 saturated heterocycles. The Morgan fingerprint density at radius 2 is 1.94 bits per heavy atom. The van der Waals surface area contributed by atoms with Gasteiger partial charge in [0.05, 0.1) is 39.4 Å². The summed E-state index contributed by atoms with van der Waals surface area (Å²) in [5.74, 6) is 0.643. The van der Waals surface area contributed by atoms with Crippen LogP contribution in [0.2, 0.25) is 0 Å². The van der Waals surface area contributed by atoms with Gasteiger partial charge in [-0.3, -0.25) is 14.6 Å². The van der Waals surface area contributed by atoms with E-state index < -0.39 is 0 Å². The van der Waals surface area contributed by atoms with Crippen LogP contribution in [0.4, 0.5) is 0 Å². The highest BCUT2D eigenvalue weighted by Gasteiger charge is 2.19. The molecule has 0 bridgehead atoms. The number of para-hydroxylation sites is 1. The van der Waals surface area contributed by atoms with E-state index in [0.717, 1.165) is 37.4 Å². The fourth-order valence-electron chi connectivity index (χ4n) is 4.09. The average molecular weight is 470 g/mol. The molecule has 0 fully saturated rings. The number of thiophene rings is 1. The molecule has 0 aliphatic carbocycles. The third-order valence-electron chi connectivity index (χ3n) is 5.69. The molecular formula is C24H19N7O2S. The highest BCUT2D eigenvalue weighted by molar-refractivity contribution is 7.17. The number of hydrogen-bond donors (Lipinski definition) is 3. The Labute approximate surface area is 197 Å². The number of imidazole rings is 1. The zero-order valence-corrected chi connectivity index (χ0v) is 19.1. The molecular weight excluding hydrogens is 450 g/mol. The minimum Gasteiger partial charge on any atom is -0.390 e. The first-order valence-corrected chi connectivity index (χ1v) is 11.4. The number of hydrogen-bond acceptors (Lipinski definition) is 7. The summed E-state index contributed by atoms with van der Waals surface area (Å²) in [6.45, 7) is 1.40. The number of aliphatic hydroxyl groups excluding tert-OH is 1. The number of nitrogens with zero attached hydrogens (tertiary/aromatic N) is 5. The summed E-state index contributed by atoms with van der Waals surface area (Å²) in [7, 11) is 1.81. The number of benzene rings is 1. The minimum atomic E-state index is -0.172. The van der Waals surface area contributed by atoms with Crippen LogP contribution >= 0.6 is 11.3 Å². The Kier molecular flexibility index (Phi) is 4.64. The highest BCUT2D eigenvalue weighted by atomic mass is 32.1. The molecule has 0 aliphatic rings. The number of aromatic amines is 2. The predicted molar refractivity (Wildman–Crippen MR) is 130 cm³/mol. The summed E-state index contributed by atoms with van der Waals surface area (Å²) in [5, 5.41) is 21.5. The molecule has 34 heavy (non-hydrogen) atoms. The van der Waals surface area contributed by atoms with Gasteiger partial charge in [0.1, 0.15) is 5.52 Å². The van der Waals surface area contributed by atoms with Crippen LogP contribution in [0.3, 0.4) is 0 Å². The van der Waals surface area contributed by atoms with Crippen LogP contribution in [0.5, 0.6) is 0 Å².